The van der Waals surface area contributed by atoms with E-state index in [0.717, 1.165) is 5.76 Å². The van der Waals surface area contributed by atoms with E-state index in [1.807, 2.05) is 19.1 Å². The molecule has 146 valence electrons. The first kappa shape index (κ1) is 20.0. The van der Waals surface area contributed by atoms with Crippen molar-refractivity contribution in [3.8, 4) is 0 Å². The van der Waals surface area contributed by atoms with Gasteiger partial charge in [-0.15, -0.1) is 0 Å². The van der Waals surface area contributed by atoms with Crippen LogP contribution in [0.1, 0.15) is 21.9 Å². The van der Waals surface area contributed by atoms with Crippen LogP contribution in [0.4, 0.5) is 5.69 Å². The van der Waals surface area contributed by atoms with Gasteiger partial charge in [-0.25, -0.2) is 8.42 Å². The van der Waals surface area contributed by atoms with Gasteiger partial charge in [0.05, 0.1) is 11.4 Å². The first-order valence-electron chi connectivity index (χ1n) is 8.44. The third kappa shape index (κ3) is 4.74. The molecule has 0 atom stereocenters. The Morgan fingerprint density at radius 2 is 1.68 bits per heavy atom. The number of benzene rings is 2. The van der Waals surface area contributed by atoms with E-state index in [4.69, 9.17) is 16.0 Å². The van der Waals surface area contributed by atoms with Crippen LogP contribution in [0.5, 0.6) is 0 Å². The predicted octanol–water partition coefficient (Wildman–Crippen LogP) is 4.31. The second-order valence-corrected chi connectivity index (χ2v) is 8.43. The number of nitrogens with one attached hydrogen (secondary N) is 1. The lowest BCUT2D eigenvalue weighted by Crippen LogP contribution is -2.26. The van der Waals surface area contributed by atoms with E-state index >= 15 is 0 Å². The minimum Gasteiger partial charge on any atom is -0.464 e. The van der Waals surface area contributed by atoms with Crippen LogP contribution in [0, 0.1) is 6.92 Å². The summed E-state index contributed by atoms with van der Waals surface area (Å²) in [6, 6.07) is 15.8. The molecule has 1 heterocycles. The quantitative estimate of drug-likeness (QED) is 0.646. The number of rotatable bonds is 6. The topological polar surface area (TPSA) is 79.6 Å². The van der Waals surface area contributed by atoms with Crippen molar-refractivity contribution in [1.82, 2.24) is 4.90 Å². The summed E-state index contributed by atoms with van der Waals surface area (Å²) in [5, 5.41) is 0.514. The normalized spacial score (nSPS) is 11.2. The fourth-order valence-electron chi connectivity index (χ4n) is 2.60. The molecule has 0 aliphatic carbocycles. The van der Waals surface area contributed by atoms with Crippen molar-refractivity contribution in [2.24, 2.45) is 0 Å². The Labute approximate surface area is 168 Å². The Balaban J connectivity index is 1.71. The van der Waals surface area contributed by atoms with E-state index in [9.17, 15) is 13.2 Å². The summed E-state index contributed by atoms with van der Waals surface area (Å²) < 4.78 is 32.9. The third-order valence-electron chi connectivity index (χ3n) is 4.04. The number of anilines is 1. The summed E-state index contributed by atoms with van der Waals surface area (Å²) in [6.45, 7) is 2.16. The van der Waals surface area contributed by atoms with Crippen LogP contribution in [0.3, 0.4) is 0 Å². The Morgan fingerprint density at radius 1 is 1.04 bits per heavy atom. The monoisotopic (exact) mass is 418 g/mol. The summed E-state index contributed by atoms with van der Waals surface area (Å²) in [5.41, 5.74) is 0.786. The summed E-state index contributed by atoms with van der Waals surface area (Å²) in [5.74, 6) is 1.22. The molecule has 2 aromatic carbocycles. The summed E-state index contributed by atoms with van der Waals surface area (Å²) in [4.78, 5) is 14.1. The first-order chi connectivity index (χ1) is 13.2. The Morgan fingerprint density at radius 3 is 2.25 bits per heavy atom. The lowest BCUT2D eigenvalue weighted by molar-refractivity contribution is 0.0775. The molecule has 1 N–H and O–H groups in total. The van der Waals surface area contributed by atoms with Gasteiger partial charge in [0.15, 0.2) is 0 Å². The molecule has 8 heteroatoms. The molecule has 0 bridgehead atoms. The maximum atomic E-state index is 12.5. The van der Waals surface area contributed by atoms with Gasteiger partial charge in [0.1, 0.15) is 11.5 Å². The molecule has 3 aromatic rings. The number of sulfonamides is 1. The molecule has 0 radical (unpaired) electrons. The van der Waals surface area contributed by atoms with Gasteiger partial charge in [-0.3, -0.25) is 9.52 Å². The number of carbonyl (C=O) groups excluding carboxylic acids is 1. The van der Waals surface area contributed by atoms with E-state index in [1.165, 1.54) is 29.2 Å². The minimum absolute atomic E-state index is 0.0586. The van der Waals surface area contributed by atoms with E-state index in [1.54, 1.807) is 31.3 Å². The molecule has 1 amide bonds. The SMILES string of the molecule is Cc1ccc(CN(C)C(=O)c2ccc(S(=O)(=O)Nc3ccc(Cl)cc3)cc2)o1. The second kappa shape index (κ2) is 8.08. The maximum absolute atomic E-state index is 12.5. The number of nitrogens with zero attached hydrogens (tertiary/aromatic N) is 1. The molecule has 0 unspecified atom stereocenters. The fraction of sp³-hybridized carbons (Fsp3) is 0.150. The molecule has 0 aliphatic rings. The molecular weight excluding hydrogens is 400 g/mol. The average Bonchev–Trinajstić information content (AvgIpc) is 3.07. The lowest BCUT2D eigenvalue weighted by Gasteiger charge is -2.16. The molecule has 0 saturated carbocycles. The van der Waals surface area contributed by atoms with Gasteiger partial charge in [0, 0.05) is 23.3 Å². The maximum Gasteiger partial charge on any atom is 0.261 e. The van der Waals surface area contributed by atoms with Crippen molar-refractivity contribution < 1.29 is 17.6 Å². The Kier molecular flexibility index (Phi) is 5.76. The second-order valence-electron chi connectivity index (χ2n) is 6.31. The van der Waals surface area contributed by atoms with Crippen LogP contribution in [-0.4, -0.2) is 26.3 Å². The number of aryl methyl sites for hydroxylation is 1. The molecule has 0 fully saturated rings. The molecule has 28 heavy (non-hydrogen) atoms. The first-order valence-corrected chi connectivity index (χ1v) is 10.3. The summed E-state index contributed by atoms with van der Waals surface area (Å²) >= 11 is 5.81. The predicted molar refractivity (Wildman–Crippen MR) is 108 cm³/mol. The van der Waals surface area contributed by atoms with Crippen molar-refractivity contribution in [2.45, 2.75) is 18.4 Å². The largest absolute Gasteiger partial charge is 0.464 e. The highest BCUT2D eigenvalue weighted by Gasteiger charge is 2.17. The molecule has 3 rings (SSSR count). The fourth-order valence-corrected chi connectivity index (χ4v) is 3.79. The molecule has 1 aromatic heterocycles. The third-order valence-corrected chi connectivity index (χ3v) is 5.69. The van der Waals surface area contributed by atoms with Crippen molar-refractivity contribution in [3.63, 3.8) is 0 Å². The van der Waals surface area contributed by atoms with Crippen LogP contribution in [0.25, 0.3) is 0 Å². The van der Waals surface area contributed by atoms with Crippen LogP contribution >= 0.6 is 11.6 Å². The van der Waals surface area contributed by atoms with Crippen molar-refractivity contribution >= 4 is 33.2 Å². The van der Waals surface area contributed by atoms with Gasteiger partial charge in [-0.2, -0.15) is 0 Å². The summed E-state index contributed by atoms with van der Waals surface area (Å²) in [6.07, 6.45) is 0. The van der Waals surface area contributed by atoms with E-state index in [0.29, 0.717) is 28.6 Å². The minimum atomic E-state index is -3.77. The number of furan rings is 1. The molecule has 6 nitrogen and oxygen atoms in total. The van der Waals surface area contributed by atoms with E-state index in [2.05, 4.69) is 4.72 Å². The van der Waals surface area contributed by atoms with Gasteiger partial charge in [-0.1, -0.05) is 11.6 Å². The van der Waals surface area contributed by atoms with Crippen LogP contribution in [0.15, 0.2) is 70.0 Å². The Bertz CT molecular complexity index is 1070. The Hall–Kier alpha value is -2.77. The zero-order valence-corrected chi connectivity index (χ0v) is 16.9. The lowest BCUT2D eigenvalue weighted by atomic mass is 10.2. The highest BCUT2D eigenvalue weighted by Crippen LogP contribution is 2.19. The standard InChI is InChI=1S/C20H19ClN2O4S/c1-14-3-10-18(27-14)13-23(2)20(24)15-4-11-19(12-5-15)28(25,26)22-17-8-6-16(21)7-9-17/h3-12,22H,13H2,1-2H3. The van der Waals surface area contributed by atoms with Gasteiger partial charge in [0.2, 0.25) is 0 Å². The highest BCUT2D eigenvalue weighted by atomic mass is 35.5. The van der Waals surface area contributed by atoms with Crippen molar-refractivity contribution in [2.75, 3.05) is 11.8 Å². The zero-order chi connectivity index (χ0) is 20.3. The number of hydrogen-bond acceptors (Lipinski definition) is 4. The highest BCUT2D eigenvalue weighted by molar-refractivity contribution is 7.92. The van der Waals surface area contributed by atoms with E-state index in [-0.39, 0.29) is 10.8 Å². The van der Waals surface area contributed by atoms with Gasteiger partial charge in [-0.05, 0) is 67.6 Å². The van der Waals surface area contributed by atoms with E-state index < -0.39 is 10.0 Å². The zero-order valence-electron chi connectivity index (χ0n) is 15.3. The summed E-state index contributed by atoms with van der Waals surface area (Å²) in [7, 11) is -2.11. The molecule has 0 aliphatic heterocycles. The van der Waals surface area contributed by atoms with Crippen molar-refractivity contribution in [1.29, 1.82) is 0 Å². The van der Waals surface area contributed by atoms with Gasteiger partial charge < -0.3 is 9.32 Å². The van der Waals surface area contributed by atoms with Gasteiger partial charge >= 0.3 is 0 Å². The number of carbonyl (C=O) groups is 1. The van der Waals surface area contributed by atoms with Gasteiger partial charge in [0.25, 0.3) is 15.9 Å². The number of halogens is 1. The number of hydrogen-bond donors (Lipinski definition) is 1. The number of amides is 1. The average molecular weight is 419 g/mol. The molecule has 0 saturated heterocycles. The molecule has 0 spiro atoms. The smallest absolute Gasteiger partial charge is 0.261 e. The molecular formula is C20H19ClN2O4S. The van der Waals surface area contributed by atoms with Crippen LogP contribution in [0.2, 0.25) is 5.02 Å². The van der Waals surface area contributed by atoms with Crippen LogP contribution < -0.4 is 4.72 Å². The van der Waals surface area contributed by atoms with Crippen LogP contribution in [-0.2, 0) is 16.6 Å². The van der Waals surface area contributed by atoms with Crippen molar-refractivity contribution in [3.05, 3.63) is 82.8 Å².